The maximum absolute atomic E-state index is 13.2. The van der Waals surface area contributed by atoms with Crippen molar-refractivity contribution in [3.63, 3.8) is 0 Å². The van der Waals surface area contributed by atoms with E-state index in [1.807, 2.05) is 18.2 Å². The van der Waals surface area contributed by atoms with Crippen LogP contribution in [0.3, 0.4) is 0 Å². The van der Waals surface area contributed by atoms with Crippen LogP contribution in [0.25, 0.3) is 21.9 Å². The minimum Gasteiger partial charge on any atom is -0.492 e. The molecule has 0 unspecified atom stereocenters. The number of benzene rings is 2. The van der Waals surface area contributed by atoms with Crippen LogP contribution in [0.15, 0.2) is 45.6 Å². The summed E-state index contributed by atoms with van der Waals surface area (Å²) in [4.78, 5) is 17.8. The van der Waals surface area contributed by atoms with Gasteiger partial charge in [-0.05, 0) is 37.4 Å². The lowest BCUT2D eigenvalue weighted by Crippen LogP contribution is -2.38. The average molecular weight is 441 g/mol. The summed E-state index contributed by atoms with van der Waals surface area (Å²) in [5.74, 6) is 1.26. The van der Waals surface area contributed by atoms with Crippen LogP contribution < -0.4 is 14.9 Å². The standard InChI is InChI=1S/C25H32N2O5/c1-3-26(4-2)12-17-31-21-6-5-7-22-24(21)25(28)20-9-8-19(18-23(20)32-22)30-16-13-27-10-14-29-15-11-27/h5-9,18H,3-4,10-17H2,1-2H3. The lowest BCUT2D eigenvalue weighted by Gasteiger charge is -2.26. The van der Waals surface area contributed by atoms with E-state index in [1.165, 1.54) is 0 Å². The van der Waals surface area contributed by atoms with Crippen LogP contribution in [0.2, 0.25) is 0 Å². The van der Waals surface area contributed by atoms with Gasteiger partial charge < -0.3 is 23.5 Å². The summed E-state index contributed by atoms with van der Waals surface area (Å²) < 4.78 is 23.3. The van der Waals surface area contributed by atoms with Gasteiger partial charge in [-0.2, -0.15) is 0 Å². The highest BCUT2D eigenvalue weighted by Crippen LogP contribution is 2.28. The summed E-state index contributed by atoms with van der Waals surface area (Å²) in [7, 11) is 0. The molecule has 4 rings (SSSR count). The van der Waals surface area contributed by atoms with Crippen LogP contribution >= 0.6 is 0 Å². The van der Waals surface area contributed by atoms with Crippen molar-refractivity contribution in [3.05, 3.63) is 46.6 Å². The largest absolute Gasteiger partial charge is 0.492 e. The Morgan fingerprint density at radius 1 is 1.00 bits per heavy atom. The number of morpholine rings is 1. The van der Waals surface area contributed by atoms with Crippen LogP contribution in [0.1, 0.15) is 13.8 Å². The van der Waals surface area contributed by atoms with Crippen molar-refractivity contribution in [2.24, 2.45) is 0 Å². The molecule has 0 bridgehead atoms. The second-order valence-corrected chi connectivity index (χ2v) is 7.90. The molecule has 1 aliphatic heterocycles. The fraction of sp³-hybridized carbons (Fsp3) is 0.480. The molecule has 7 heteroatoms. The van der Waals surface area contributed by atoms with E-state index in [1.54, 1.807) is 18.2 Å². The minimum absolute atomic E-state index is 0.0837. The monoisotopic (exact) mass is 440 g/mol. The van der Waals surface area contributed by atoms with E-state index < -0.39 is 0 Å². The van der Waals surface area contributed by atoms with E-state index in [-0.39, 0.29) is 5.43 Å². The zero-order valence-electron chi connectivity index (χ0n) is 19.0. The van der Waals surface area contributed by atoms with Crippen LogP contribution in [0, 0.1) is 0 Å². The molecule has 0 aliphatic carbocycles. The van der Waals surface area contributed by atoms with Crippen molar-refractivity contribution in [3.8, 4) is 11.5 Å². The molecule has 32 heavy (non-hydrogen) atoms. The average Bonchev–Trinajstić information content (AvgIpc) is 2.82. The highest BCUT2D eigenvalue weighted by atomic mass is 16.5. The smallest absolute Gasteiger partial charge is 0.204 e. The Balaban J connectivity index is 1.50. The van der Waals surface area contributed by atoms with Crippen molar-refractivity contribution in [1.29, 1.82) is 0 Å². The van der Waals surface area contributed by atoms with Crippen LogP contribution in [0.4, 0.5) is 0 Å². The molecule has 1 fully saturated rings. The lowest BCUT2D eigenvalue weighted by atomic mass is 10.1. The predicted molar refractivity (Wildman–Crippen MR) is 126 cm³/mol. The zero-order valence-corrected chi connectivity index (χ0v) is 19.0. The number of ether oxygens (including phenoxy) is 3. The van der Waals surface area contributed by atoms with E-state index in [2.05, 4.69) is 23.6 Å². The van der Waals surface area contributed by atoms with Gasteiger partial charge in [0.15, 0.2) is 0 Å². The highest BCUT2D eigenvalue weighted by molar-refractivity contribution is 5.93. The molecular weight excluding hydrogens is 408 g/mol. The Kier molecular flexibility index (Phi) is 7.63. The Morgan fingerprint density at radius 3 is 2.59 bits per heavy atom. The third kappa shape index (κ3) is 5.23. The second kappa shape index (κ2) is 10.8. The van der Waals surface area contributed by atoms with Gasteiger partial charge in [-0.25, -0.2) is 0 Å². The molecule has 172 valence electrons. The van der Waals surface area contributed by atoms with E-state index in [0.717, 1.165) is 52.5 Å². The van der Waals surface area contributed by atoms with Gasteiger partial charge in [0.1, 0.15) is 41.3 Å². The molecule has 0 amide bonds. The third-order valence-corrected chi connectivity index (χ3v) is 5.97. The summed E-state index contributed by atoms with van der Waals surface area (Å²) in [6.07, 6.45) is 0. The quantitative estimate of drug-likeness (QED) is 0.448. The van der Waals surface area contributed by atoms with Crippen LogP contribution in [-0.2, 0) is 4.74 Å². The summed E-state index contributed by atoms with van der Waals surface area (Å²) >= 11 is 0. The molecule has 0 N–H and O–H groups in total. The number of likely N-dealkylation sites (N-methyl/N-ethyl adjacent to an activating group) is 1. The van der Waals surface area contributed by atoms with Gasteiger partial charge >= 0.3 is 0 Å². The normalized spacial score (nSPS) is 15.0. The first-order valence-corrected chi connectivity index (χ1v) is 11.5. The Labute approximate surface area is 188 Å². The van der Waals surface area contributed by atoms with E-state index in [0.29, 0.717) is 46.7 Å². The Morgan fingerprint density at radius 2 is 1.81 bits per heavy atom. The van der Waals surface area contributed by atoms with Gasteiger partial charge in [0.25, 0.3) is 0 Å². The minimum atomic E-state index is -0.0837. The Bertz CT molecular complexity index is 1090. The van der Waals surface area contributed by atoms with Gasteiger partial charge in [-0.3, -0.25) is 9.69 Å². The summed E-state index contributed by atoms with van der Waals surface area (Å²) in [6, 6.07) is 10.9. The highest BCUT2D eigenvalue weighted by Gasteiger charge is 2.14. The molecule has 3 aromatic rings. The molecular formula is C25H32N2O5. The first kappa shape index (κ1) is 22.6. The van der Waals surface area contributed by atoms with Crippen molar-refractivity contribution < 1.29 is 18.6 Å². The molecule has 1 saturated heterocycles. The maximum atomic E-state index is 13.2. The molecule has 1 aliphatic rings. The fourth-order valence-electron chi connectivity index (χ4n) is 4.00. The predicted octanol–water partition coefficient (Wildman–Crippen LogP) is 3.38. The Hall–Kier alpha value is -2.61. The summed E-state index contributed by atoms with van der Waals surface area (Å²) in [6.45, 7) is 12.4. The first-order chi connectivity index (χ1) is 15.7. The van der Waals surface area contributed by atoms with Crippen LogP contribution in [-0.4, -0.2) is 75.5 Å². The molecule has 0 atom stereocenters. The molecule has 0 spiro atoms. The molecule has 7 nitrogen and oxygen atoms in total. The first-order valence-electron chi connectivity index (χ1n) is 11.5. The fourth-order valence-corrected chi connectivity index (χ4v) is 4.00. The van der Waals surface area contributed by atoms with E-state index in [9.17, 15) is 4.79 Å². The molecule has 1 aromatic heterocycles. The molecule has 2 aromatic carbocycles. The van der Waals surface area contributed by atoms with Crippen molar-refractivity contribution in [2.45, 2.75) is 13.8 Å². The van der Waals surface area contributed by atoms with E-state index >= 15 is 0 Å². The molecule has 0 radical (unpaired) electrons. The topological polar surface area (TPSA) is 64.4 Å². The van der Waals surface area contributed by atoms with Gasteiger partial charge in [-0.15, -0.1) is 0 Å². The van der Waals surface area contributed by atoms with Gasteiger partial charge in [0, 0.05) is 32.2 Å². The number of fused-ring (bicyclic) bond motifs is 2. The third-order valence-electron chi connectivity index (χ3n) is 5.97. The van der Waals surface area contributed by atoms with Crippen molar-refractivity contribution in [1.82, 2.24) is 9.80 Å². The summed E-state index contributed by atoms with van der Waals surface area (Å²) in [5.41, 5.74) is 0.958. The molecule has 0 saturated carbocycles. The van der Waals surface area contributed by atoms with Crippen molar-refractivity contribution >= 4 is 21.9 Å². The number of hydrogen-bond donors (Lipinski definition) is 0. The number of rotatable bonds is 10. The van der Waals surface area contributed by atoms with E-state index in [4.69, 9.17) is 18.6 Å². The van der Waals surface area contributed by atoms with Gasteiger partial charge in [0.2, 0.25) is 5.43 Å². The lowest BCUT2D eigenvalue weighted by molar-refractivity contribution is 0.0322. The van der Waals surface area contributed by atoms with Gasteiger partial charge in [-0.1, -0.05) is 19.9 Å². The zero-order chi connectivity index (χ0) is 22.3. The van der Waals surface area contributed by atoms with Gasteiger partial charge in [0.05, 0.1) is 18.6 Å². The second-order valence-electron chi connectivity index (χ2n) is 7.90. The number of hydrogen-bond acceptors (Lipinski definition) is 7. The number of nitrogens with zero attached hydrogens (tertiary/aromatic N) is 2. The molecule has 2 heterocycles. The SMILES string of the molecule is CCN(CC)CCOc1cccc2oc3cc(OCCN4CCOCC4)ccc3c(=O)c12. The van der Waals surface area contributed by atoms with Crippen molar-refractivity contribution in [2.75, 3.05) is 65.7 Å². The summed E-state index contributed by atoms with van der Waals surface area (Å²) in [5, 5.41) is 1.01. The van der Waals surface area contributed by atoms with Crippen LogP contribution in [0.5, 0.6) is 11.5 Å². The maximum Gasteiger partial charge on any atom is 0.204 e.